The maximum absolute atomic E-state index is 13.0. The molecule has 1 amide bonds. The number of fused-ring (bicyclic) bond motifs is 1. The van der Waals surface area contributed by atoms with E-state index in [0.717, 1.165) is 25.5 Å². The van der Waals surface area contributed by atoms with E-state index in [9.17, 15) is 9.18 Å². The first-order chi connectivity index (χ1) is 15.0. The van der Waals surface area contributed by atoms with E-state index in [1.54, 1.807) is 24.3 Å². The highest BCUT2D eigenvalue weighted by Gasteiger charge is 2.14. The summed E-state index contributed by atoms with van der Waals surface area (Å²) in [6.07, 6.45) is 1.51. The molecule has 0 aliphatic carbocycles. The smallest absolute Gasteiger partial charge is 0.307 e. The number of carbonyl (C=O) groups is 1. The first-order valence-corrected chi connectivity index (χ1v) is 10.8. The van der Waals surface area contributed by atoms with Crippen molar-refractivity contribution < 1.29 is 18.3 Å². The number of hydrogen-bond acceptors (Lipinski definition) is 4. The van der Waals surface area contributed by atoms with Gasteiger partial charge < -0.3 is 9.15 Å². The molecule has 0 bridgehead atoms. The second kappa shape index (κ2) is 9.45. The molecule has 1 heterocycles. The van der Waals surface area contributed by atoms with E-state index in [1.165, 1.54) is 18.3 Å². The van der Waals surface area contributed by atoms with Gasteiger partial charge in [-0.2, -0.15) is 5.10 Å². The van der Waals surface area contributed by atoms with Crippen molar-refractivity contribution in [3.63, 3.8) is 0 Å². The van der Waals surface area contributed by atoms with Gasteiger partial charge in [0.15, 0.2) is 5.76 Å². The molecule has 0 unspecified atom stereocenters. The summed E-state index contributed by atoms with van der Waals surface area (Å²) in [5.41, 5.74) is 4.65. The van der Waals surface area contributed by atoms with Crippen LogP contribution in [0, 0.1) is 5.82 Å². The van der Waals surface area contributed by atoms with Crippen molar-refractivity contribution in [3.8, 4) is 5.75 Å². The lowest BCUT2D eigenvalue weighted by Crippen LogP contribution is -2.16. The Labute approximate surface area is 194 Å². The molecule has 3 aromatic carbocycles. The fraction of sp³-hybridized carbons (Fsp3) is 0.0435. The van der Waals surface area contributed by atoms with Crippen LogP contribution in [0.1, 0.15) is 21.7 Å². The Morgan fingerprint density at radius 2 is 1.90 bits per heavy atom. The standard InChI is InChI=1S/C23H15Br2FN2O3/c24-17-9-16-10-21(31-22(16)20(25)11-17)23(29)28-27-12-15-2-1-3-19(8-15)30-13-14-4-6-18(26)7-5-14/h1-12H,13H2,(H,28,29)/b27-12-. The minimum atomic E-state index is -0.459. The summed E-state index contributed by atoms with van der Waals surface area (Å²) in [6.45, 7) is 0.315. The molecule has 0 aliphatic heterocycles. The number of furan rings is 1. The number of amides is 1. The fourth-order valence-corrected chi connectivity index (χ4v) is 4.18. The van der Waals surface area contributed by atoms with Crippen LogP contribution in [0.15, 0.2) is 85.2 Å². The third-order valence-electron chi connectivity index (χ3n) is 4.32. The van der Waals surface area contributed by atoms with Gasteiger partial charge in [-0.25, -0.2) is 9.82 Å². The number of ether oxygens (including phenoxy) is 1. The Hall–Kier alpha value is -2.97. The van der Waals surface area contributed by atoms with Crippen molar-refractivity contribution in [3.05, 3.63) is 98.4 Å². The number of nitrogens with one attached hydrogen (secondary N) is 1. The van der Waals surface area contributed by atoms with Crippen LogP contribution in [0.25, 0.3) is 11.0 Å². The summed E-state index contributed by atoms with van der Waals surface area (Å²) in [5.74, 6) is 0.0426. The van der Waals surface area contributed by atoms with E-state index in [4.69, 9.17) is 9.15 Å². The highest BCUT2D eigenvalue weighted by molar-refractivity contribution is 9.11. The van der Waals surface area contributed by atoms with E-state index in [1.807, 2.05) is 30.3 Å². The van der Waals surface area contributed by atoms with Crippen LogP contribution in [0.3, 0.4) is 0 Å². The molecule has 1 aromatic heterocycles. The summed E-state index contributed by atoms with van der Waals surface area (Å²) in [7, 11) is 0. The first-order valence-electron chi connectivity index (χ1n) is 9.17. The number of hydrazone groups is 1. The van der Waals surface area contributed by atoms with Gasteiger partial charge in [-0.15, -0.1) is 0 Å². The van der Waals surface area contributed by atoms with Gasteiger partial charge in [0, 0.05) is 9.86 Å². The topological polar surface area (TPSA) is 63.8 Å². The largest absolute Gasteiger partial charge is 0.489 e. The van der Waals surface area contributed by atoms with Crippen LogP contribution in [0.5, 0.6) is 5.75 Å². The third-order valence-corrected chi connectivity index (χ3v) is 5.36. The molecule has 0 fully saturated rings. The van der Waals surface area contributed by atoms with E-state index in [2.05, 4.69) is 42.4 Å². The number of benzene rings is 3. The molecular formula is C23H15Br2FN2O3. The average Bonchev–Trinajstić information content (AvgIpc) is 3.18. The molecule has 0 saturated carbocycles. The van der Waals surface area contributed by atoms with Crippen LogP contribution in [-0.4, -0.2) is 12.1 Å². The van der Waals surface area contributed by atoms with Gasteiger partial charge in [0.25, 0.3) is 0 Å². The van der Waals surface area contributed by atoms with Gasteiger partial charge in [0.1, 0.15) is 23.8 Å². The molecule has 4 aromatic rings. The number of hydrogen-bond donors (Lipinski definition) is 1. The van der Waals surface area contributed by atoms with Crippen molar-refractivity contribution in [2.75, 3.05) is 0 Å². The summed E-state index contributed by atoms with van der Waals surface area (Å²) in [5, 5.41) is 4.79. The quantitative estimate of drug-likeness (QED) is 0.224. The molecule has 5 nitrogen and oxygen atoms in total. The maximum atomic E-state index is 13.0. The molecular weight excluding hydrogens is 531 g/mol. The zero-order valence-corrected chi connectivity index (χ0v) is 19.1. The summed E-state index contributed by atoms with van der Waals surface area (Å²) >= 11 is 6.83. The molecule has 156 valence electrons. The minimum absolute atomic E-state index is 0.155. The maximum Gasteiger partial charge on any atom is 0.307 e. The van der Waals surface area contributed by atoms with Crippen molar-refractivity contribution >= 4 is 55.0 Å². The van der Waals surface area contributed by atoms with E-state index < -0.39 is 5.91 Å². The zero-order chi connectivity index (χ0) is 21.8. The number of nitrogens with zero attached hydrogens (tertiary/aromatic N) is 1. The number of carbonyl (C=O) groups excluding carboxylic acids is 1. The normalized spacial score (nSPS) is 11.2. The molecule has 4 rings (SSSR count). The lowest BCUT2D eigenvalue weighted by Gasteiger charge is -2.07. The first kappa shape index (κ1) is 21.3. The number of rotatable bonds is 6. The van der Waals surface area contributed by atoms with E-state index in [0.29, 0.717) is 17.9 Å². The van der Waals surface area contributed by atoms with Crippen LogP contribution in [-0.2, 0) is 6.61 Å². The van der Waals surface area contributed by atoms with Crippen LogP contribution < -0.4 is 10.2 Å². The molecule has 0 atom stereocenters. The van der Waals surface area contributed by atoms with E-state index in [-0.39, 0.29) is 11.6 Å². The molecule has 1 N–H and O–H groups in total. The summed E-state index contributed by atoms with van der Waals surface area (Å²) in [4.78, 5) is 12.4. The van der Waals surface area contributed by atoms with Crippen LogP contribution in [0.4, 0.5) is 4.39 Å². The highest BCUT2D eigenvalue weighted by atomic mass is 79.9. The molecule has 0 saturated heterocycles. The second-order valence-corrected chi connectivity index (χ2v) is 8.37. The van der Waals surface area contributed by atoms with Gasteiger partial charge in [-0.1, -0.05) is 40.2 Å². The van der Waals surface area contributed by atoms with Crippen molar-refractivity contribution in [1.82, 2.24) is 5.43 Å². The average molecular weight is 546 g/mol. The van der Waals surface area contributed by atoms with E-state index >= 15 is 0 Å². The Bertz CT molecular complexity index is 1270. The SMILES string of the molecule is O=C(N/N=C\c1cccc(OCc2ccc(F)cc2)c1)c1cc2cc(Br)cc(Br)c2o1. The molecule has 0 spiro atoms. The summed E-state index contributed by atoms with van der Waals surface area (Å²) in [6, 6.07) is 18.7. The van der Waals surface area contributed by atoms with Crippen LogP contribution in [0.2, 0.25) is 0 Å². The zero-order valence-electron chi connectivity index (χ0n) is 15.9. The third kappa shape index (κ3) is 5.39. The number of halogens is 3. The van der Waals surface area contributed by atoms with Gasteiger partial charge in [-0.05, 0) is 69.5 Å². The Morgan fingerprint density at radius 3 is 2.71 bits per heavy atom. The van der Waals surface area contributed by atoms with Crippen molar-refractivity contribution in [2.24, 2.45) is 5.10 Å². The highest BCUT2D eigenvalue weighted by Crippen LogP contribution is 2.30. The van der Waals surface area contributed by atoms with Gasteiger partial charge in [-0.3, -0.25) is 4.79 Å². The molecule has 31 heavy (non-hydrogen) atoms. The Morgan fingerprint density at radius 1 is 1.10 bits per heavy atom. The Balaban J connectivity index is 1.38. The monoisotopic (exact) mass is 544 g/mol. The van der Waals surface area contributed by atoms with Gasteiger partial charge >= 0.3 is 5.91 Å². The van der Waals surface area contributed by atoms with Crippen molar-refractivity contribution in [2.45, 2.75) is 6.61 Å². The van der Waals surface area contributed by atoms with Gasteiger partial charge in [0.2, 0.25) is 0 Å². The van der Waals surface area contributed by atoms with Crippen LogP contribution >= 0.6 is 31.9 Å². The predicted octanol–water partition coefficient (Wildman–Crippen LogP) is 6.44. The van der Waals surface area contributed by atoms with Crippen molar-refractivity contribution in [1.29, 1.82) is 0 Å². The van der Waals surface area contributed by atoms with Gasteiger partial charge in [0.05, 0.1) is 10.7 Å². The molecule has 8 heteroatoms. The lowest BCUT2D eigenvalue weighted by molar-refractivity contribution is 0.0929. The predicted molar refractivity (Wildman–Crippen MR) is 124 cm³/mol. The summed E-state index contributed by atoms with van der Waals surface area (Å²) < 4.78 is 26.0. The Kier molecular flexibility index (Phi) is 6.48. The lowest BCUT2D eigenvalue weighted by atomic mass is 10.2. The molecule has 0 aliphatic rings. The molecule has 0 radical (unpaired) electrons. The minimum Gasteiger partial charge on any atom is -0.489 e. The fourth-order valence-electron chi connectivity index (χ4n) is 2.84. The second-order valence-electron chi connectivity index (χ2n) is 6.60.